The van der Waals surface area contributed by atoms with Crippen LogP contribution in [0.2, 0.25) is 0 Å². The standard InChI is InChI=1S/C12H18.C11H13NO2.C11H16.C8H16.C6H14.C4H10/c1-3-4-5-6-12-9-7-11(2)8-10-12;1-4-8(2)10-7-9(5-6-12-10)11(13)14-3;1-2-3-5-8-11-9-6-4-7-10-11;1-5-8(4)6-7(2)3;1-3-5-6-4-2;1-3-4-2/h7-10H,3-6H2,1-2H3;4-7H,1-3H3;4,6-7,9-10H,2-3,5,8H2,1H3;5,7H,6H2,1-4H3;3-6H2,1-2H3;3-4H2,1-2H3/b;;;8-5+;;. The molecule has 0 aliphatic carbocycles. The molecule has 0 aliphatic rings. The second kappa shape index (κ2) is 41.7. The topological polar surface area (TPSA) is 39.2 Å². The smallest absolute Gasteiger partial charge is 0.337 e. The summed E-state index contributed by atoms with van der Waals surface area (Å²) in [6.45, 7) is 28.1. The van der Waals surface area contributed by atoms with Gasteiger partial charge in [-0.2, -0.15) is 0 Å². The van der Waals surface area contributed by atoms with Gasteiger partial charge in [0.25, 0.3) is 0 Å². The fraction of sp³-hybridized carbons (Fsp3) is 0.577. The van der Waals surface area contributed by atoms with E-state index in [1.54, 1.807) is 18.3 Å². The van der Waals surface area contributed by atoms with Gasteiger partial charge in [-0.15, -0.1) is 0 Å². The number of unbranched alkanes of at least 4 members (excludes halogenated alkanes) is 8. The highest BCUT2D eigenvalue weighted by atomic mass is 16.5. The second-order valence-electron chi connectivity index (χ2n) is 14.7. The molecule has 0 amide bonds. The number of allylic oxidation sites excluding steroid dienone is 4. The summed E-state index contributed by atoms with van der Waals surface area (Å²) in [7, 11) is 1.37. The fourth-order valence-corrected chi connectivity index (χ4v) is 4.86. The third-order valence-electron chi connectivity index (χ3n) is 8.80. The Kier molecular flexibility index (Phi) is 42.4. The van der Waals surface area contributed by atoms with Gasteiger partial charge < -0.3 is 4.74 Å². The molecule has 3 rings (SSSR count). The van der Waals surface area contributed by atoms with Crippen molar-refractivity contribution in [2.75, 3.05) is 7.11 Å². The normalized spacial score (nSPS) is 10.5. The number of methoxy groups -OCH3 is 1. The molecule has 0 radical (unpaired) electrons. The molecule has 0 atom stereocenters. The van der Waals surface area contributed by atoms with E-state index in [1.807, 2.05) is 19.9 Å². The molecule has 55 heavy (non-hydrogen) atoms. The van der Waals surface area contributed by atoms with Crippen molar-refractivity contribution in [3.05, 3.63) is 119 Å². The van der Waals surface area contributed by atoms with Crippen molar-refractivity contribution >= 4 is 11.5 Å². The molecule has 0 fully saturated rings. The number of rotatable bonds is 16. The molecule has 0 saturated carbocycles. The van der Waals surface area contributed by atoms with Crippen LogP contribution in [0.3, 0.4) is 0 Å². The van der Waals surface area contributed by atoms with Crippen molar-refractivity contribution < 1.29 is 9.53 Å². The van der Waals surface area contributed by atoms with E-state index in [4.69, 9.17) is 0 Å². The van der Waals surface area contributed by atoms with Crippen LogP contribution in [-0.4, -0.2) is 18.1 Å². The minimum absolute atomic E-state index is 0.336. The van der Waals surface area contributed by atoms with Crippen molar-refractivity contribution in [2.45, 2.75) is 186 Å². The Morgan fingerprint density at radius 1 is 0.655 bits per heavy atom. The van der Waals surface area contributed by atoms with Crippen LogP contribution in [0.1, 0.15) is 199 Å². The van der Waals surface area contributed by atoms with Crippen LogP contribution in [0.15, 0.2) is 90.7 Å². The van der Waals surface area contributed by atoms with Gasteiger partial charge in [-0.25, -0.2) is 4.79 Å². The third kappa shape index (κ3) is 37.2. The Bertz CT molecular complexity index is 1300. The molecule has 312 valence electrons. The van der Waals surface area contributed by atoms with E-state index in [-0.39, 0.29) is 5.97 Å². The van der Waals surface area contributed by atoms with Gasteiger partial charge in [0, 0.05) is 6.20 Å². The first-order valence-corrected chi connectivity index (χ1v) is 21.8. The number of hydrogen-bond acceptors (Lipinski definition) is 3. The van der Waals surface area contributed by atoms with E-state index in [0.717, 1.165) is 17.2 Å². The predicted molar refractivity (Wildman–Crippen MR) is 248 cm³/mol. The lowest BCUT2D eigenvalue weighted by molar-refractivity contribution is 0.0600. The van der Waals surface area contributed by atoms with Gasteiger partial charge in [-0.05, 0) is 101 Å². The van der Waals surface area contributed by atoms with Gasteiger partial charge in [-0.3, -0.25) is 4.98 Å². The first-order valence-electron chi connectivity index (χ1n) is 21.8. The van der Waals surface area contributed by atoms with E-state index in [2.05, 4.69) is 147 Å². The monoisotopic (exact) mass is 758 g/mol. The first-order chi connectivity index (χ1) is 26.4. The Balaban J connectivity index is -0.000000614. The molecule has 3 nitrogen and oxygen atoms in total. The number of esters is 1. The van der Waals surface area contributed by atoms with Crippen LogP contribution >= 0.6 is 0 Å². The van der Waals surface area contributed by atoms with Gasteiger partial charge in [-0.1, -0.05) is 197 Å². The highest BCUT2D eigenvalue weighted by Crippen LogP contribution is 2.13. The number of nitrogens with zero attached hydrogens (tertiary/aromatic N) is 1. The maximum absolute atomic E-state index is 11.2. The van der Waals surface area contributed by atoms with Crippen LogP contribution in [0.25, 0.3) is 5.57 Å². The molecule has 0 bridgehead atoms. The number of carbonyl (C=O) groups is 1. The third-order valence-corrected chi connectivity index (χ3v) is 8.80. The molecule has 3 heteroatoms. The van der Waals surface area contributed by atoms with E-state index < -0.39 is 0 Å². The lowest BCUT2D eigenvalue weighted by Gasteiger charge is -2.02. The molecule has 3 aromatic rings. The van der Waals surface area contributed by atoms with E-state index >= 15 is 0 Å². The zero-order valence-corrected chi connectivity index (χ0v) is 38.5. The van der Waals surface area contributed by atoms with Gasteiger partial charge in [0.1, 0.15) is 0 Å². The molecule has 0 N–H and O–H groups in total. The van der Waals surface area contributed by atoms with Gasteiger partial charge in [0.15, 0.2) is 0 Å². The lowest BCUT2D eigenvalue weighted by atomic mass is 10.0. The average molecular weight is 758 g/mol. The fourth-order valence-electron chi connectivity index (χ4n) is 4.86. The molecule has 0 aliphatic heterocycles. The highest BCUT2D eigenvalue weighted by molar-refractivity contribution is 5.90. The number of benzene rings is 2. The number of aryl methyl sites for hydroxylation is 3. The van der Waals surface area contributed by atoms with Crippen LogP contribution < -0.4 is 0 Å². The van der Waals surface area contributed by atoms with Crippen molar-refractivity contribution in [3.8, 4) is 0 Å². The van der Waals surface area contributed by atoms with E-state index in [0.29, 0.717) is 5.56 Å². The van der Waals surface area contributed by atoms with Crippen LogP contribution in [0, 0.1) is 12.8 Å². The molecule has 0 spiro atoms. The minimum atomic E-state index is -0.336. The number of pyridine rings is 1. The lowest BCUT2D eigenvalue weighted by Crippen LogP contribution is -2.02. The summed E-state index contributed by atoms with van der Waals surface area (Å²) in [5.74, 6) is 0.476. The Hall–Kier alpha value is -3.46. The summed E-state index contributed by atoms with van der Waals surface area (Å²) < 4.78 is 4.62. The largest absolute Gasteiger partial charge is 0.465 e. The second-order valence-corrected chi connectivity index (χ2v) is 14.7. The van der Waals surface area contributed by atoms with Gasteiger partial charge >= 0.3 is 5.97 Å². The van der Waals surface area contributed by atoms with Crippen LogP contribution in [0.4, 0.5) is 0 Å². The van der Waals surface area contributed by atoms with E-state index in [9.17, 15) is 4.79 Å². The SMILES string of the molecule is C/C=C(\C)CC(C)C.CC=C(C)c1cc(C(=O)OC)ccn1.CCCC.CCCCCC.CCCCCc1ccc(C)cc1.CCCCCc1ccccc1. The molecule has 2 aromatic carbocycles. The Labute approximate surface area is 342 Å². The predicted octanol–water partition coefficient (Wildman–Crippen LogP) is 16.8. The summed E-state index contributed by atoms with van der Waals surface area (Å²) in [6, 6.07) is 22.9. The molecular formula is C52H87NO2. The van der Waals surface area contributed by atoms with Crippen LogP contribution in [0.5, 0.6) is 0 Å². The number of aromatic nitrogens is 1. The van der Waals surface area contributed by atoms with Gasteiger partial charge in [0.05, 0.1) is 18.4 Å². The average Bonchev–Trinajstić information content (AvgIpc) is 3.21. The summed E-state index contributed by atoms with van der Waals surface area (Å²) >= 11 is 0. The van der Waals surface area contributed by atoms with Crippen molar-refractivity contribution in [1.82, 2.24) is 4.98 Å². The minimum Gasteiger partial charge on any atom is -0.465 e. The first kappa shape index (κ1) is 55.9. The quantitative estimate of drug-likeness (QED) is 0.0830. The number of ether oxygens (including phenoxy) is 1. The van der Waals surface area contributed by atoms with Crippen LogP contribution in [-0.2, 0) is 17.6 Å². The number of carbonyl (C=O) groups excluding carboxylic acids is 1. The molecule has 1 aromatic heterocycles. The van der Waals surface area contributed by atoms with Crippen molar-refractivity contribution in [2.24, 2.45) is 5.92 Å². The summed E-state index contributed by atoms with van der Waals surface area (Å²) in [5, 5.41) is 0. The molecule has 0 saturated heterocycles. The summed E-state index contributed by atoms with van der Waals surface area (Å²) in [5.41, 5.74) is 8.18. The van der Waals surface area contributed by atoms with Gasteiger partial charge in [0.2, 0.25) is 0 Å². The molecule has 0 unspecified atom stereocenters. The summed E-state index contributed by atoms with van der Waals surface area (Å²) in [4.78, 5) is 15.4. The highest BCUT2D eigenvalue weighted by Gasteiger charge is 2.06. The maximum Gasteiger partial charge on any atom is 0.337 e. The zero-order chi connectivity index (χ0) is 42.1. The van der Waals surface area contributed by atoms with Crippen molar-refractivity contribution in [1.29, 1.82) is 0 Å². The zero-order valence-electron chi connectivity index (χ0n) is 38.5. The van der Waals surface area contributed by atoms with E-state index in [1.165, 1.54) is 126 Å². The molecular weight excluding hydrogens is 671 g/mol. The Morgan fingerprint density at radius 3 is 1.51 bits per heavy atom. The Morgan fingerprint density at radius 2 is 1.13 bits per heavy atom. The number of hydrogen-bond donors (Lipinski definition) is 0. The molecule has 1 heterocycles. The van der Waals surface area contributed by atoms with Crippen molar-refractivity contribution in [3.63, 3.8) is 0 Å². The summed E-state index contributed by atoms with van der Waals surface area (Å²) in [6.07, 6.45) is 25.6. The maximum atomic E-state index is 11.2.